The van der Waals surface area contributed by atoms with Crippen LogP contribution in [-0.4, -0.2) is 17.0 Å². The number of aromatic nitrogens is 1. The summed E-state index contributed by atoms with van der Waals surface area (Å²) in [5, 5.41) is 5.23. The van der Waals surface area contributed by atoms with Crippen LogP contribution in [0.25, 0.3) is 50.6 Å². The van der Waals surface area contributed by atoms with E-state index < -0.39 is 0 Å². The number of oxazole rings is 1. The van der Waals surface area contributed by atoms with E-state index in [0.717, 1.165) is 114 Å². The van der Waals surface area contributed by atoms with Crippen molar-refractivity contribution in [3.8, 4) is 17.2 Å². The summed E-state index contributed by atoms with van der Waals surface area (Å²) in [5.74, 6) is 2.52. The highest BCUT2D eigenvalue weighted by atomic mass is 16.5. The molecule has 0 spiro atoms. The molecule has 390 valence electrons. The van der Waals surface area contributed by atoms with Crippen molar-refractivity contribution >= 4 is 79.2 Å². The van der Waals surface area contributed by atoms with Crippen molar-refractivity contribution in [3.05, 3.63) is 269 Å². The third kappa shape index (κ3) is 8.55. The van der Waals surface area contributed by atoms with Crippen LogP contribution in [0.2, 0.25) is 0 Å². The first-order chi connectivity index (χ1) is 39.1. The third-order valence-electron chi connectivity index (χ3n) is 16.6. The summed E-state index contributed by atoms with van der Waals surface area (Å²) >= 11 is 0. The first kappa shape index (κ1) is 48.7. The van der Waals surface area contributed by atoms with Gasteiger partial charge in [-0.2, -0.15) is 0 Å². The largest absolute Gasteiger partial charge is 0.485 e. The number of benzene rings is 8. The van der Waals surface area contributed by atoms with E-state index in [-0.39, 0.29) is 23.3 Å². The average molecular weight is 1040 g/mol. The van der Waals surface area contributed by atoms with Crippen LogP contribution in [0.4, 0.5) is 34.1 Å². The Morgan fingerprint density at radius 3 is 2.14 bits per heavy atom. The highest BCUT2D eigenvalue weighted by molar-refractivity contribution is 6.06. The van der Waals surface area contributed by atoms with Gasteiger partial charge in [0.25, 0.3) is 5.91 Å². The molecule has 0 bridgehead atoms. The first-order valence-electron chi connectivity index (χ1n) is 27.7. The predicted octanol–water partition coefficient (Wildman–Crippen LogP) is 18.6. The van der Waals surface area contributed by atoms with Crippen molar-refractivity contribution in [2.24, 2.45) is 0 Å². The van der Waals surface area contributed by atoms with Gasteiger partial charge in [0.1, 0.15) is 34.5 Å². The van der Waals surface area contributed by atoms with Gasteiger partial charge in [0.15, 0.2) is 0 Å². The van der Waals surface area contributed by atoms with Crippen LogP contribution >= 0.6 is 0 Å². The van der Waals surface area contributed by atoms with Crippen LogP contribution in [0.5, 0.6) is 5.75 Å². The van der Waals surface area contributed by atoms with E-state index in [9.17, 15) is 4.79 Å². The fourth-order valence-corrected chi connectivity index (χ4v) is 12.5. The van der Waals surface area contributed by atoms with Crippen molar-refractivity contribution in [1.82, 2.24) is 4.98 Å². The van der Waals surface area contributed by atoms with E-state index in [0.29, 0.717) is 17.9 Å². The molecule has 8 aromatic carbocycles. The second kappa shape index (κ2) is 19.7. The fraction of sp³-hybridized carbons (Fsp3) is 0.139. The number of hydrogen-bond acceptors (Lipinski definition) is 7. The van der Waals surface area contributed by atoms with E-state index in [2.05, 4.69) is 207 Å². The standard InChI is InChI=1S/C72H58N4O4/c1-5-46(47-23-29-51(30-24-47)75(55-36-39-60-58-17-9-12-20-65(58)78-68(60)43-55)52-33-27-49(28-34-52)71-74-64-19-11-14-22-67(64)80-71)41-62-45(2)57-38-35-54(42-63(57)72(62,3)4)76(56-37-40-61-59-18-10-13-21-66(59)79-69(61)44-56)53-31-25-48(26-32-53)70(77)73-50-15-7-6-8-16-50/h5-13,15-21,23-43,45,69H,14,22,44H2,1-4H3,(H,73,77)/b46-5+,62-41+. The summed E-state index contributed by atoms with van der Waals surface area (Å²) < 4.78 is 19.3. The summed E-state index contributed by atoms with van der Waals surface area (Å²) in [5.41, 5.74) is 19.4. The summed E-state index contributed by atoms with van der Waals surface area (Å²) in [4.78, 5) is 22.9. The third-order valence-corrected chi connectivity index (χ3v) is 16.6. The number of para-hydroxylation sites is 3. The Labute approximate surface area is 466 Å². The smallest absolute Gasteiger partial charge is 0.255 e. The van der Waals surface area contributed by atoms with Crippen LogP contribution in [0.15, 0.2) is 239 Å². The molecule has 0 fully saturated rings. The molecule has 4 aliphatic rings. The van der Waals surface area contributed by atoms with Crippen molar-refractivity contribution in [2.75, 3.05) is 15.1 Å². The maximum Gasteiger partial charge on any atom is 0.255 e. The Hall–Kier alpha value is -9.66. The molecule has 1 N–H and O–H groups in total. The van der Waals surface area contributed by atoms with Gasteiger partial charge in [-0.3, -0.25) is 4.79 Å². The van der Waals surface area contributed by atoms with E-state index >= 15 is 0 Å². The summed E-state index contributed by atoms with van der Waals surface area (Å²) in [6.45, 7) is 9.19. The fourth-order valence-electron chi connectivity index (χ4n) is 12.5. The number of nitrogens with one attached hydrogen (secondary N) is 1. The molecule has 0 saturated carbocycles. The van der Waals surface area contributed by atoms with Crippen LogP contribution in [0, 0.1) is 0 Å². The predicted molar refractivity (Wildman–Crippen MR) is 325 cm³/mol. The van der Waals surface area contributed by atoms with Gasteiger partial charge in [-0.15, -0.1) is 0 Å². The number of furan rings is 1. The molecule has 1 amide bonds. The number of fused-ring (bicyclic) bond motifs is 8. The minimum Gasteiger partial charge on any atom is -0.485 e. The van der Waals surface area contributed by atoms with Gasteiger partial charge < -0.3 is 28.7 Å². The number of carbonyl (C=O) groups is 1. The van der Waals surface area contributed by atoms with E-state index in [1.165, 1.54) is 22.3 Å². The molecule has 1 aliphatic heterocycles. The molecule has 8 heteroatoms. The molecule has 2 unspecified atom stereocenters. The summed E-state index contributed by atoms with van der Waals surface area (Å²) in [6, 6.07) is 64.9. The Balaban J connectivity index is 0.781. The number of carbonyl (C=O) groups excluding carboxylic acids is 1. The van der Waals surface area contributed by atoms with Gasteiger partial charge in [-0.25, -0.2) is 4.98 Å². The maximum absolute atomic E-state index is 13.4. The van der Waals surface area contributed by atoms with Crippen molar-refractivity contribution in [1.29, 1.82) is 0 Å². The molecule has 10 aromatic rings. The quantitative estimate of drug-likeness (QED) is 0.138. The normalized spacial score (nSPS) is 17.3. The number of allylic oxidation sites excluding steroid dienone is 7. The lowest BCUT2D eigenvalue weighted by molar-refractivity contribution is 0.102. The minimum absolute atomic E-state index is 0.102. The van der Waals surface area contributed by atoms with Crippen LogP contribution in [0.3, 0.4) is 0 Å². The van der Waals surface area contributed by atoms with Crippen molar-refractivity contribution < 1.29 is 18.4 Å². The molecule has 14 rings (SSSR count). The number of amides is 1. The van der Waals surface area contributed by atoms with Gasteiger partial charge in [-0.1, -0.05) is 123 Å². The number of ether oxygens (including phenoxy) is 1. The molecule has 8 nitrogen and oxygen atoms in total. The molecular weight excluding hydrogens is 985 g/mol. The van der Waals surface area contributed by atoms with Crippen molar-refractivity contribution in [2.45, 2.75) is 64.4 Å². The molecule has 80 heavy (non-hydrogen) atoms. The lowest BCUT2D eigenvalue weighted by Crippen LogP contribution is -2.25. The molecule has 0 radical (unpaired) electrons. The van der Waals surface area contributed by atoms with Gasteiger partial charge in [-0.05, 0) is 157 Å². The number of aryl methyl sites for hydroxylation is 1. The lowest BCUT2D eigenvalue weighted by Gasteiger charge is -2.32. The topological polar surface area (TPSA) is 84.0 Å². The minimum atomic E-state index is -0.298. The summed E-state index contributed by atoms with van der Waals surface area (Å²) in [7, 11) is 0. The lowest BCUT2D eigenvalue weighted by atomic mass is 9.80. The molecule has 3 heterocycles. The van der Waals surface area contributed by atoms with Gasteiger partial charge >= 0.3 is 0 Å². The zero-order valence-electron chi connectivity index (χ0n) is 45.1. The van der Waals surface area contributed by atoms with E-state index in [4.69, 9.17) is 18.6 Å². The number of anilines is 6. The van der Waals surface area contributed by atoms with Crippen molar-refractivity contribution in [3.63, 3.8) is 0 Å². The maximum atomic E-state index is 13.4. The second-order valence-corrected chi connectivity index (χ2v) is 21.7. The van der Waals surface area contributed by atoms with E-state index in [1.54, 1.807) is 0 Å². The molecule has 2 aromatic heterocycles. The van der Waals surface area contributed by atoms with Gasteiger partial charge in [0, 0.05) is 103 Å². The van der Waals surface area contributed by atoms with Crippen LogP contribution < -0.4 is 19.9 Å². The summed E-state index contributed by atoms with van der Waals surface area (Å²) in [6.07, 6.45) is 15.7. The van der Waals surface area contributed by atoms with Gasteiger partial charge in [0.05, 0.1) is 0 Å². The number of hydrogen-bond donors (Lipinski definition) is 1. The highest BCUT2D eigenvalue weighted by Gasteiger charge is 2.41. The Morgan fingerprint density at radius 2 is 1.35 bits per heavy atom. The monoisotopic (exact) mass is 1040 g/mol. The zero-order chi connectivity index (χ0) is 54.1. The molecule has 3 aliphatic carbocycles. The average Bonchev–Trinajstić information content (AvgIpc) is 4.31. The zero-order valence-corrected chi connectivity index (χ0v) is 45.1. The number of rotatable bonds is 11. The molecule has 2 atom stereocenters. The van der Waals surface area contributed by atoms with Crippen LogP contribution in [-0.2, 0) is 11.8 Å². The van der Waals surface area contributed by atoms with E-state index in [1.807, 2.05) is 60.7 Å². The molecular formula is C72H58N4O4. The first-order valence-corrected chi connectivity index (χ1v) is 27.7. The Morgan fingerprint density at radius 1 is 0.675 bits per heavy atom. The highest BCUT2D eigenvalue weighted by Crippen LogP contribution is 2.53. The Bertz CT molecular complexity index is 4230. The Kier molecular flexibility index (Phi) is 12.0. The van der Waals surface area contributed by atoms with Gasteiger partial charge in [0.2, 0.25) is 5.89 Å². The number of nitrogens with zero attached hydrogens (tertiary/aromatic N) is 3. The SMILES string of the molecule is C/C=C(\C=C1/C(C)c2ccc(N(C3=CC=C4c5ccccc5OC4C3)c3ccc(C(=O)Nc4ccccc4)cc3)cc2C1(C)C)c1ccc(N(c2ccc(-c3nc4c(o3)CCC=C4)cc2)c2ccc3c(c2)oc2ccccc23)cc1. The van der Waals surface area contributed by atoms with Crippen LogP contribution in [0.1, 0.15) is 90.5 Å². The molecule has 0 saturated heterocycles. The second-order valence-electron chi connectivity index (χ2n) is 21.7.